The van der Waals surface area contributed by atoms with Gasteiger partial charge >= 0.3 is 12.0 Å². The Bertz CT molecular complexity index is 1780. The second kappa shape index (κ2) is 13.2. The molecule has 0 aliphatic carbocycles. The molecule has 2 atom stereocenters. The number of likely N-dealkylation sites (tertiary alicyclic amines) is 1. The average molecular weight is 619 g/mol. The molecule has 2 heterocycles. The number of rotatable bonds is 8. The molecule has 1 fully saturated rings. The van der Waals surface area contributed by atoms with Crippen LogP contribution in [0, 0.1) is 5.92 Å². The second-order valence-corrected chi connectivity index (χ2v) is 11.5. The number of benzene rings is 4. The van der Waals surface area contributed by atoms with E-state index in [1.165, 1.54) is 7.11 Å². The van der Waals surface area contributed by atoms with Crippen molar-refractivity contribution < 1.29 is 29.0 Å². The van der Waals surface area contributed by atoms with E-state index in [0.717, 1.165) is 23.2 Å². The number of amides is 4. The van der Waals surface area contributed by atoms with Crippen LogP contribution in [-0.4, -0.2) is 60.6 Å². The Morgan fingerprint density at radius 2 is 1.61 bits per heavy atom. The predicted molar refractivity (Wildman–Crippen MR) is 174 cm³/mol. The molecule has 1 saturated heterocycles. The highest BCUT2D eigenvalue weighted by Crippen LogP contribution is 2.35. The number of anilines is 3. The molecule has 0 saturated carbocycles. The number of aliphatic carboxylic acids is 1. The highest BCUT2D eigenvalue weighted by Gasteiger charge is 2.40. The number of ether oxygens (including phenoxy) is 1. The molecule has 4 amide bonds. The first kappa shape index (κ1) is 30.4. The minimum absolute atomic E-state index is 0.0755. The first-order chi connectivity index (χ1) is 22.3. The van der Waals surface area contributed by atoms with Gasteiger partial charge in [-0.1, -0.05) is 54.6 Å². The third kappa shape index (κ3) is 6.41. The number of hydrogen-bond acceptors (Lipinski definition) is 5. The molecule has 2 aliphatic heterocycles. The fourth-order valence-electron chi connectivity index (χ4n) is 6.21. The van der Waals surface area contributed by atoms with Gasteiger partial charge in [0.2, 0.25) is 5.91 Å². The van der Waals surface area contributed by atoms with Gasteiger partial charge in [-0.25, -0.2) is 4.79 Å². The smallest absolute Gasteiger partial charge is 0.326 e. The molecule has 4 aromatic carbocycles. The van der Waals surface area contributed by atoms with E-state index in [9.17, 15) is 24.3 Å². The van der Waals surface area contributed by atoms with Gasteiger partial charge in [-0.05, 0) is 65.6 Å². The first-order valence-corrected chi connectivity index (χ1v) is 15.1. The van der Waals surface area contributed by atoms with Crippen molar-refractivity contribution in [3.63, 3.8) is 0 Å². The first-order valence-electron chi connectivity index (χ1n) is 15.1. The number of fused-ring (bicyclic) bond motifs is 1. The topological polar surface area (TPSA) is 128 Å². The van der Waals surface area contributed by atoms with Crippen LogP contribution in [0.5, 0.6) is 5.75 Å². The van der Waals surface area contributed by atoms with Crippen LogP contribution in [0.3, 0.4) is 0 Å². The fourth-order valence-corrected chi connectivity index (χ4v) is 6.21. The highest BCUT2D eigenvalue weighted by molar-refractivity contribution is 6.04. The van der Waals surface area contributed by atoms with Gasteiger partial charge in [0.1, 0.15) is 5.75 Å². The minimum atomic E-state index is -0.951. The minimum Gasteiger partial charge on any atom is -0.495 e. The molecule has 0 bridgehead atoms. The Labute approximate surface area is 266 Å². The summed E-state index contributed by atoms with van der Waals surface area (Å²) >= 11 is 0. The van der Waals surface area contributed by atoms with Crippen LogP contribution in [-0.2, 0) is 22.4 Å². The molecule has 46 heavy (non-hydrogen) atoms. The Morgan fingerprint density at radius 1 is 0.870 bits per heavy atom. The Balaban J connectivity index is 1.07. The average Bonchev–Trinajstić information content (AvgIpc) is 3.72. The Morgan fingerprint density at radius 3 is 2.35 bits per heavy atom. The summed E-state index contributed by atoms with van der Waals surface area (Å²) in [7, 11) is 1.51. The maximum atomic E-state index is 13.0. The van der Waals surface area contributed by atoms with E-state index in [1.54, 1.807) is 76.5 Å². The molecule has 10 heteroatoms. The van der Waals surface area contributed by atoms with E-state index >= 15 is 0 Å². The van der Waals surface area contributed by atoms with Crippen molar-refractivity contribution in [2.24, 2.45) is 5.92 Å². The molecule has 10 nitrogen and oxygen atoms in total. The molecular weight excluding hydrogens is 584 g/mol. The summed E-state index contributed by atoms with van der Waals surface area (Å²) in [4.78, 5) is 54.3. The lowest BCUT2D eigenvalue weighted by Gasteiger charge is -2.19. The molecule has 4 aromatic rings. The van der Waals surface area contributed by atoms with Crippen molar-refractivity contribution in [1.29, 1.82) is 0 Å². The summed E-state index contributed by atoms with van der Waals surface area (Å²) in [5.74, 6) is -2.05. The number of carboxylic acid groups (broad SMARTS) is 1. The number of carbonyl (C=O) groups excluding carboxylic acids is 3. The molecule has 2 aliphatic rings. The van der Waals surface area contributed by atoms with Gasteiger partial charge in [0.05, 0.1) is 25.1 Å². The van der Waals surface area contributed by atoms with Gasteiger partial charge in [0.15, 0.2) is 0 Å². The number of carbonyl (C=O) groups is 4. The van der Waals surface area contributed by atoms with Gasteiger partial charge < -0.3 is 25.4 Å². The zero-order chi connectivity index (χ0) is 32.2. The number of urea groups is 1. The quantitative estimate of drug-likeness (QED) is 0.242. The van der Waals surface area contributed by atoms with Crippen LogP contribution >= 0.6 is 0 Å². The summed E-state index contributed by atoms with van der Waals surface area (Å²) < 4.78 is 5.52. The van der Waals surface area contributed by atoms with E-state index in [2.05, 4.69) is 10.6 Å². The van der Waals surface area contributed by atoms with Crippen molar-refractivity contribution >= 4 is 40.9 Å². The van der Waals surface area contributed by atoms with Crippen LogP contribution < -0.4 is 20.3 Å². The maximum Gasteiger partial charge on any atom is 0.326 e. The standard InChI is InChI=1S/C36H34N4O6/c1-46-32-19-23(11-16-30(32)38-36(45)40-18-17-25-7-5-6-10-31(25)40)20-33(41)37-27-14-12-24(13-15-27)28-21-39(22-29(28)35(43)44)34(42)26-8-3-2-4-9-26/h2-16,19,28-29H,17-18,20-22H2,1H3,(H,37,41)(H,38,45)(H,43,44). The van der Waals surface area contributed by atoms with E-state index in [4.69, 9.17) is 4.74 Å². The number of para-hydroxylation sites is 1. The molecule has 0 spiro atoms. The van der Waals surface area contributed by atoms with Crippen LogP contribution in [0.15, 0.2) is 97.1 Å². The fraction of sp³-hybridized carbons (Fsp3) is 0.222. The third-order valence-corrected chi connectivity index (χ3v) is 8.57. The van der Waals surface area contributed by atoms with E-state index < -0.39 is 11.9 Å². The number of nitrogens with zero attached hydrogens (tertiary/aromatic N) is 2. The van der Waals surface area contributed by atoms with Crippen LogP contribution in [0.25, 0.3) is 0 Å². The molecule has 0 radical (unpaired) electrons. The predicted octanol–water partition coefficient (Wildman–Crippen LogP) is 5.41. The van der Waals surface area contributed by atoms with Gasteiger partial charge in [-0.3, -0.25) is 19.3 Å². The molecular formula is C36H34N4O6. The summed E-state index contributed by atoms with van der Waals surface area (Å²) in [5, 5.41) is 15.7. The molecule has 0 aromatic heterocycles. The number of methoxy groups -OCH3 is 1. The molecule has 6 rings (SSSR count). The lowest BCUT2D eigenvalue weighted by molar-refractivity contribution is -0.141. The Kier molecular flexibility index (Phi) is 8.69. The lowest BCUT2D eigenvalue weighted by Crippen LogP contribution is -2.33. The summed E-state index contributed by atoms with van der Waals surface area (Å²) in [6.45, 7) is 1.02. The molecule has 234 valence electrons. The number of nitrogens with one attached hydrogen (secondary N) is 2. The second-order valence-electron chi connectivity index (χ2n) is 11.5. The van der Waals surface area contributed by atoms with E-state index in [-0.39, 0.29) is 36.7 Å². The highest BCUT2D eigenvalue weighted by atomic mass is 16.5. The van der Waals surface area contributed by atoms with Gasteiger partial charge in [0.25, 0.3) is 5.91 Å². The zero-order valence-corrected chi connectivity index (χ0v) is 25.3. The summed E-state index contributed by atoms with van der Waals surface area (Å²) in [5.41, 5.74) is 5.11. The van der Waals surface area contributed by atoms with Crippen molar-refractivity contribution in [2.45, 2.75) is 18.8 Å². The van der Waals surface area contributed by atoms with E-state index in [1.807, 2.05) is 30.3 Å². The monoisotopic (exact) mass is 618 g/mol. The normalized spacial score (nSPS) is 16.9. The summed E-state index contributed by atoms with van der Waals surface area (Å²) in [6, 6.07) is 28.7. The van der Waals surface area contributed by atoms with Crippen LogP contribution in [0.2, 0.25) is 0 Å². The van der Waals surface area contributed by atoms with Crippen molar-refractivity contribution in [3.8, 4) is 5.75 Å². The SMILES string of the molecule is COc1cc(CC(=O)Nc2ccc(C3CN(C(=O)c4ccccc4)CC3C(=O)O)cc2)ccc1NC(=O)N1CCc2ccccc21. The maximum absolute atomic E-state index is 13.0. The largest absolute Gasteiger partial charge is 0.495 e. The lowest BCUT2D eigenvalue weighted by atomic mass is 9.89. The molecule has 2 unspecified atom stereocenters. The number of hydrogen-bond donors (Lipinski definition) is 3. The number of carboxylic acids is 1. The van der Waals surface area contributed by atoms with E-state index in [0.29, 0.717) is 41.3 Å². The van der Waals surface area contributed by atoms with Crippen molar-refractivity contribution in [1.82, 2.24) is 4.90 Å². The summed E-state index contributed by atoms with van der Waals surface area (Å²) in [6.07, 6.45) is 0.876. The van der Waals surface area contributed by atoms with Gasteiger partial charge in [0, 0.05) is 42.5 Å². The Hall–Kier alpha value is -5.64. The van der Waals surface area contributed by atoms with Crippen LogP contribution in [0.1, 0.15) is 33.0 Å². The third-order valence-electron chi connectivity index (χ3n) is 8.57. The molecule has 3 N–H and O–H groups in total. The van der Waals surface area contributed by atoms with Gasteiger partial charge in [-0.2, -0.15) is 0 Å². The van der Waals surface area contributed by atoms with Crippen LogP contribution in [0.4, 0.5) is 21.9 Å². The van der Waals surface area contributed by atoms with Crippen molar-refractivity contribution in [2.75, 3.05) is 42.3 Å². The van der Waals surface area contributed by atoms with Gasteiger partial charge in [-0.15, -0.1) is 0 Å². The zero-order valence-electron chi connectivity index (χ0n) is 25.3. The van der Waals surface area contributed by atoms with Crippen molar-refractivity contribution in [3.05, 3.63) is 119 Å².